The minimum Gasteiger partial charge on any atom is -0.484 e. The lowest BCUT2D eigenvalue weighted by atomic mass is 9.99. The number of carbonyl (C=O) groups excluding carboxylic acids is 1. The number of nitrogens with one attached hydrogen (secondary N) is 1. The lowest BCUT2D eigenvalue weighted by Gasteiger charge is -2.30. The Morgan fingerprint density at radius 3 is 2.54 bits per heavy atom. The minimum absolute atomic E-state index is 0.0644. The summed E-state index contributed by atoms with van der Waals surface area (Å²) >= 11 is 0. The van der Waals surface area contributed by atoms with Crippen LogP contribution in [0, 0.1) is 5.92 Å². The SMILES string of the molecule is CC1CCN(C(=O)COc2ccc(C=NNc3ccccc3)cc2)CC1. The van der Waals surface area contributed by atoms with E-state index >= 15 is 0 Å². The van der Waals surface area contributed by atoms with Crippen LogP contribution in [-0.4, -0.2) is 36.7 Å². The minimum atomic E-state index is 0.0644. The van der Waals surface area contributed by atoms with Crippen molar-refractivity contribution in [1.29, 1.82) is 0 Å². The normalized spacial score (nSPS) is 15.2. The summed E-state index contributed by atoms with van der Waals surface area (Å²) in [6.45, 7) is 4.01. The number of rotatable bonds is 6. The number of anilines is 1. The van der Waals surface area contributed by atoms with Crippen LogP contribution in [-0.2, 0) is 4.79 Å². The van der Waals surface area contributed by atoms with E-state index in [0.29, 0.717) is 11.7 Å². The van der Waals surface area contributed by atoms with Crippen LogP contribution in [0.4, 0.5) is 5.69 Å². The van der Waals surface area contributed by atoms with Crippen molar-refractivity contribution < 1.29 is 9.53 Å². The number of hydrogen-bond acceptors (Lipinski definition) is 4. The molecule has 26 heavy (non-hydrogen) atoms. The number of benzene rings is 2. The summed E-state index contributed by atoms with van der Waals surface area (Å²) in [7, 11) is 0. The predicted octanol–water partition coefficient (Wildman–Crippen LogP) is 3.77. The zero-order chi connectivity index (χ0) is 18.2. The van der Waals surface area contributed by atoms with Crippen LogP contribution in [0.2, 0.25) is 0 Å². The topological polar surface area (TPSA) is 53.9 Å². The van der Waals surface area contributed by atoms with Gasteiger partial charge in [0, 0.05) is 13.1 Å². The molecular formula is C21H25N3O2. The number of likely N-dealkylation sites (tertiary alicyclic amines) is 1. The number of ether oxygens (including phenoxy) is 1. The number of nitrogens with zero attached hydrogens (tertiary/aromatic N) is 2. The van der Waals surface area contributed by atoms with Gasteiger partial charge in [-0.25, -0.2) is 0 Å². The molecule has 3 rings (SSSR count). The van der Waals surface area contributed by atoms with Crippen molar-refractivity contribution in [3.63, 3.8) is 0 Å². The Balaban J connectivity index is 1.44. The zero-order valence-corrected chi connectivity index (χ0v) is 15.1. The van der Waals surface area contributed by atoms with Gasteiger partial charge in [0.05, 0.1) is 11.9 Å². The van der Waals surface area contributed by atoms with Crippen LogP contribution in [0.25, 0.3) is 0 Å². The van der Waals surface area contributed by atoms with E-state index in [1.54, 1.807) is 6.21 Å². The van der Waals surface area contributed by atoms with Gasteiger partial charge in [-0.15, -0.1) is 0 Å². The van der Waals surface area contributed by atoms with Crippen molar-refractivity contribution >= 4 is 17.8 Å². The molecule has 1 fully saturated rings. The molecule has 2 aromatic carbocycles. The molecule has 5 nitrogen and oxygen atoms in total. The first-order valence-electron chi connectivity index (χ1n) is 9.05. The lowest BCUT2D eigenvalue weighted by Crippen LogP contribution is -2.40. The Labute approximate surface area is 154 Å². The second kappa shape index (κ2) is 9.04. The number of amides is 1. The summed E-state index contributed by atoms with van der Waals surface area (Å²) in [5.41, 5.74) is 4.87. The van der Waals surface area contributed by atoms with Gasteiger partial charge in [-0.2, -0.15) is 5.10 Å². The molecule has 1 heterocycles. The fourth-order valence-corrected chi connectivity index (χ4v) is 2.84. The molecule has 2 aromatic rings. The van der Waals surface area contributed by atoms with Gasteiger partial charge in [0.2, 0.25) is 0 Å². The third-order valence-corrected chi connectivity index (χ3v) is 4.56. The Hall–Kier alpha value is -2.82. The predicted molar refractivity (Wildman–Crippen MR) is 105 cm³/mol. The molecule has 0 unspecified atom stereocenters. The van der Waals surface area contributed by atoms with Crippen molar-refractivity contribution in [2.45, 2.75) is 19.8 Å². The maximum Gasteiger partial charge on any atom is 0.260 e. The number of hydrazone groups is 1. The van der Waals surface area contributed by atoms with E-state index in [2.05, 4.69) is 17.5 Å². The smallest absolute Gasteiger partial charge is 0.260 e. The van der Waals surface area contributed by atoms with Crippen LogP contribution < -0.4 is 10.2 Å². The molecule has 0 spiro atoms. The first kappa shape index (κ1) is 18.0. The molecule has 0 bridgehead atoms. The molecule has 1 amide bonds. The van der Waals surface area contributed by atoms with Gasteiger partial charge in [0.1, 0.15) is 5.75 Å². The summed E-state index contributed by atoms with van der Waals surface area (Å²) in [4.78, 5) is 14.1. The number of hydrogen-bond donors (Lipinski definition) is 1. The van der Waals surface area contributed by atoms with Crippen molar-refractivity contribution in [2.24, 2.45) is 11.0 Å². The van der Waals surface area contributed by atoms with E-state index in [1.807, 2.05) is 59.5 Å². The zero-order valence-electron chi connectivity index (χ0n) is 15.1. The Morgan fingerprint density at radius 1 is 1.15 bits per heavy atom. The summed E-state index contributed by atoms with van der Waals surface area (Å²) in [6, 6.07) is 17.3. The van der Waals surface area contributed by atoms with E-state index < -0.39 is 0 Å². The molecule has 136 valence electrons. The molecule has 0 aromatic heterocycles. The molecule has 0 atom stereocenters. The van der Waals surface area contributed by atoms with Gasteiger partial charge in [-0.3, -0.25) is 10.2 Å². The molecule has 1 N–H and O–H groups in total. The van der Waals surface area contributed by atoms with E-state index in [4.69, 9.17) is 4.74 Å². The summed E-state index contributed by atoms with van der Waals surface area (Å²) in [5, 5.41) is 4.21. The average molecular weight is 351 g/mol. The lowest BCUT2D eigenvalue weighted by molar-refractivity contribution is -0.134. The summed E-state index contributed by atoms with van der Waals surface area (Å²) in [5.74, 6) is 1.47. The van der Waals surface area contributed by atoms with Gasteiger partial charge in [-0.1, -0.05) is 25.1 Å². The molecule has 1 saturated heterocycles. The number of carbonyl (C=O) groups is 1. The summed E-state index contributed by atoms with van der Waals surface area (Å²) in [6.07, 6.45) is 3.91. The van der Waals surface area contributed by atoms with E-state index in [-0.39, 0.29) is 12.5 Å². The molecule has 5 heteroatoms. The third kappa shape index (κ3) is 5.34. The fourth-order valence-electron chi connectivity index (χ4n) is 2.84. The number of piperidine rings is 1. The van der Waals surface area contributed by atoms with Crippen LogP contribution in [0.5, 0.6) is 5.75 Å². The highest BCUT2D eigenvalue weighted by Gasteiger charge is 2.20. The largest absolute Gasteiger partial charge is 0.484 e. The van der Waals surface area contributed by atoms with Crippen molar-refractivity contribution in [2.75, 3.05) is 25.1 Å². The Morgan fingerprint density at radius 2 is 1.85 bits per heavy atom. The Bertz CT molecular complexity index is 721. The Kier molecular flexibility index (Phi) is 6.25. The van der Waals surface area contributed by atoms with E-state index in [9.17, 15) is 4.79 Å². The van der Waals surface area contributed by atoms with Gasteiger partial charge in [-0.05, 0) is 60.7 Å². The van der Waals surface area contributed by atoms with Gasteiger partial charge in [0.25, 0.3) is 5.91 Å². The maximum atomic E-state index is 12.2. The van der Waals surface area contributed by atoms with Crippen LogP contribution in [0.1, 0.15) is 25.3 Å². The molecule has 1 aliphatic rings. The van der Waals surface area contributed by atoms with Crippen molar-refractivity contribution in [3.05, 3.63) is 60.2 Å². The second-order valence-corrected chi connectivity index (χ2v) is 6.66. The highest BCUT2D eigenvalue weighted by Crippen LogP contribution is 2.17. The van der Waals surface area contributed by atoms with Crippen LogP contribution in [0.15, 0.2) is 59.7 Å². The molecule has 0 saturated carbocycles. The average Bonchev–Trinajstić information content (AvgIpc) is 2.68. The molecule has 0 aliphatic carbocycles. The van der Waals surface area contributed by atoms with Crippen molar-refractivity contribution in [1.82, 2.24) is 4.90 Å². The van der Waals surface area contributed by atoms with Gasteiger partial charge in [0.15, 0.2) is 6.61 Å². The van der Waals surface area contributed by atoms with Gasteiger partial charge < -0.3 is 9.64 Å². The third-order valence-electron chi connectivity index (χ3n) is 4.56. The number of para-hydroxylation sites is 1. The fraction of sp³-hybridized carbons (Fsp3) is 0.333. The maximum absolute atomic E-state index is 12.2. The molecule has 1 aliphatic heterocycles. The van der Waals surface area contributed by atoms with Crippen LogP contribution in [0.3, 0.4) is 0 Å². The van der Waals surface area contributed by atoms with Gasteiger partial charge >= 0.3 is 0 Å². The summed E-state index contributed by atoms with van der Waals surface area (Å²) < 4.78 is 5.63. The first-order valence-corrected chi connectivity index (χ1v) is 9.05. The van der Waals surface area contributed by atoms with Crippen molar-refractivity contribution in [3.8, 4) is 5.75 Å². The van der Waals surface area contributed by atoms with E-state index in [0.717, 1.165) is 37.2 Å². The monoisotopic (exact) mass is 351 g/mol. The van der Waals surface area contributed by atoms with Crippen LogP contribution >= 0.6 is 0 Å². The highest BCUT2D eigenvalue weighted by molar-refractivity contribution is 5.80. The second-order valence-electron chi connectivity index (χ2n) is 6.66. The highest BCUT2D eigenvalue weighted by atomic mass is 16.5. The van der Waals surface area contributed by atoms with E-state index in [1.165, 1.54) is 0 Å². The first-order chi connectivity index (χ1) is 12.7. The standard InChI is InChI=1S/C21H25N3O2/c1-17-11-13-24(14-12-17)21(25)16-26-20-9-7-18(8-10-20)15-22-23-19-5-3-2-4-6-19/h2-10,15,17,23H,11-14,16H2,1H3. The molecule has 0 radical (unpaired) electrons. The molecular weight excluding hydrogens is 326 g/mol. The quantitative estimate of drug-likeness (QED) is 0.637.